The number of pyridine rings is 1. The van der Waals surface area contributed by atoms with E-state index in [2.05, 4.69) is 4.98 Å². The van der Waals surface area contributed by atoms with Crippen LogP contribution in [0.5, 0.6) is 0 Å². The van der Waals surface area contributed by atoms with Crippen LogP contribution < -0.4 is 0 Å². The van der Waals surface area contributed by atoms with Gasteiger partial charge in [0, 0.05) is 15.2 Å². The van der Waals surface area contributed by atoms with Crippen molar-refractivity contribution in [2.45, 2.75) is 0 Å². The molecule has 15 heavy (non-hydrogen) atoms. The molecule has 0 radical (unpaired) electrons. The van der Waals surface area contributed by atoms with E-state index in [1.807, 2.05) is 28.7 Å². The summed E-state index contributed by atoms with van der Waals surface area (Å²) in [5.74, 6) is 0. The van der Waals surface area contributed by atoms with Gasteiger partial charge in [-0.3, -0.25) is 0 Å². The van der Waals surface area contributed by atoms with Crippen molar-refractivity contribution in [1.29, 1.82) is 5.26 Å². The maximum Gasteiger partial charge on any atom is 0.417 e. The highest BCUT2D eigenvalue weighted by atomic mass is 127. The van der Waals surface area contributed by atoms with Crippen LogP contribution in [0.4, 0.5) is 4.79 Å². The van der Waals surface area contributed by atoms with Crippen molar-refractivity contribution < 1.29 is 9.90 Å². The van der Waals surface area contributed by atoms with Crippen LogP contribution in [0.1, 0.15) is 5.69 Å². The molecule has 0 aliphatic rings. The summed E-state index contributed by atoms with van der Waals surface area (Å²) in [5.41, 5.74) is 0.505. The van der Waals surface area contributed by atoms with Crippen molar-refractivity contribution in [3.05, 3.63) is 27.6 Å². The molecule has 6 heteroatoms. The number of rotatable bonds is 0. The van der Waals surface area contributed by atoms with Gasteiger partial charge >= 0.3 is 6.09 Å². The van der Waals surface area contributed by atoms with E-state index in [1.165, 1.54) is 6.20 Å². The molecule has 2 heterocycles. The van der Waals surface area contributed by atoms with Crippen molar-refractivity contribution in [2.24, 2.45) is 0 Å². The normalized spacial score (nSPS) is 10.1. The molecule has 0 bridgehead atoms. The number of aromatic nitrogens is 2. The smallest absolute Gasteiger partial charge is 0.417 e. The number of fused-ring (bicyclic) bond motifs is 1. The first-order valence-corrected chi connectivity index (χ1v) is 5.02. The van der Waals surface area contributed by atoms with Gasteiger partial charge in [-0.1, -0.05) is 0 Å². The lowest BCUT2D eigenvalue weighted by molar-refractivity contribution is 0.197. The molecule has 0 aliphatic heterocycles. The van der Waals surface area contributed by atoms with E-state index in [4.69, 9.17) is 10.4 Å². The third-order valence-corrected chi connectivity index (χ3v) is 2.78. The Hall–Kier alpha value is -1.62. The number of carbonyl (C=O) groups is 1. The summed E-state index contributed by atoms with van der Waals surface area (Å²) in [5, 5.41) is 18.3. The van der Waals surface area contributed by atoms with Gasteiger partial charge in [-0.2, -0.15) is 5.26 Å². The second kappa shape index (κ2) is 3.51. The van der Waals surface area contributed by atoms with Gasteiger partial charge in [0.1, 0.15) is 11.8 Å². The summed E-state index contributed by atoms with van der Waals surface area (Å²) in [6, 6.07) is 5.14. The molecule has 2 aromatic rings. The zero-order valence-electron chi connectivity index (χ0n) is 7.31. The molecular formula is C9H4IN3O2. The molecule has 2 aromatic heterocycles. The van der Waals surface area contributed by atoms with Crippen LogP contribution in [0.2, 0.25) is 0 Å². The fourth-order valence-electron chi connectivity index (χ4n) is 1.27. The number of nitrogens with zero attached hydrogens (tertiary/aromatic N) is 3. The van der Waals surface area contributed by atoms with Gasteiger partial charge in [0.05, 0.1) is 0 Å². The van der Waals surface area contributed by atoms with Gasteiger partial charge in [-0.25, -0.2) is 14.3 Å². The second-order valence-electron chi connectivity index (χ2n) is 2.81. The summed E-state index contributed by atoms with van der Waals surface area (Å²) in [7, 11) is 0. The standard InChI is InChI=1S/C9H4IN3O2/c10-7-4-13(9(14)15)8-6(7)2-1-5(3-11)12-8/h1-2,4H,(H,14,15). The van der Waals surface area contributed by atoms with Crippen LogP contribution in [0.3, 0.4) is 0 Å². The lowest BCUT2D eigenvalue weighted by atomic mass is 10.3. The second-order valence-corrected chi connectivity index (χ2v) is 3.97. The van der Waals surface area contributed by atoms with Crippen molar-refractivity contribution >= 4 is 39.7 Å². The van der Waals surface area contributed by atoms with Crippen LogP contribution in [0, 0.1) is 14.9 Å². The van der Waals surface area contributed by atoms with Crippen molar-refractivity contribution in [3.63, 3.8) is 0 Å². The number of nitriles is 1. The molecule has 2 rings (SSSR count). The maximum atomic E-state index is 10.9. The zero-order chi connectivity index (χ0) is 11.0. The van der Waals surface area contributed by atoms with Crippen molar-refractivity contribution in [2.75, 3.05) is 0 Å². The van der Waals surface area contributed by atoms with Gasteiger partial charge in [0.15, 0.2) is 5.65 Å². The molecule has 0 aromatic carbocycles. The first-order valence-electron chi connectivity index (χ1n) is 3.94. The molecule has 5 nitrogen and oxygen atoms in total. The minimum atomic E-state index is -1.11. The first-order chi connectivity index (χ1) is 7.13. The summed E-state index contributed by atoms with van der Waals surface area (Å²) in [6.07, 6.45) is 0.368. The van der Waals surface area contributed by atoms with E-state index in [0.717, 1.165) is 13.5 Å². The monoisotopic (exact) mass is 313 g/mol. The Balaban J connectivity index is 2.84. The van der Waals surface area contributed by atoms with Crippen molar-refractivity contribution in [3.8, 4) is 6.07 Å². The lowest BCUT2D eigenvalue weighted by Crippen LogP contribution is -2.06. The molecule has 0 saturated heterocycles. The van der Waals surface area contributed by atoms with Gasteiger partial charge < -0.3 is 5.11 Å². The first kappa shape index (κ1) is 9.92. The molecule has 0 aliphatic carbocycles. The maximum absolute atomic E-state index is 10.9. The van der Waals surface area contributed by atoms with Crippen molar-refractivity contribution in [1.82, 2.24) is 9.55 Å². The minimum absolute atomic E-state index is 0.208. The largest absolute Gasteiger partial charge is 0.464 e. The van der Waals surface area contributed by atoms with Crippen LogP contribution >= 0.6 is 22.6 Å². The number of hydrogen-bond donors (Lipinski definition) is 1. The molecular weight excluding hydrogens is 309 g/mol. The fraction of sp³-hybridized carbons (Fsp3) is 0. The van der Waals surface area contributed by atoms with E-state index in [-0.39, 0.29) is 5.69 Å². The van der Waals surface area contributed by atoms with E-state index in [1.54, 1.807) is 12.1 Å². The number of hydrogen-bond acceptors (Lipinski definition) is 3. The predicted molar refractivity (Wildman–Crippen MR) is 60.6 cm³/mol. The molecule has 0 saturated carbocycles. The van der Waals surface area contributed by atoms with Gasteiger partial charge in [-0.05, 0) is 34.7 Å². The Morgan fingerprint density at radius 3 is 2.93 bits per heavy atom. The highest BCUT2D eigenvalue weighted by molar-refractivity contribution is 14.1. The summed E-state index contributed by atoms with van der Waals surface area (Å²) in [4.78, 5) is 14.8. The minimum Gasteiger partial charge on any atom is -0.464 e. The van der Waals surface area contributed by atoms with E-state index in [0.29, 0.717) is 5.65 Å². The SMILES string of the molecule is N#Cc1ccc2c(I)cn(C(=O)O)c2n1. The fourth-order valence-corrected chi connectivity index (χ4v) is 1.97. The summed E-state index contributed by atoms with van der Waals surface area (Å²) >= 11 is 2.03. The van der Waals surface area contributed by atoms with Crippen LogP contribution in [-0.2, 0) is 0 Å². The van der Waals surface area contributed by atoms with E-state index in [9.17, 15) is 4.79 Å². The Bertz CT molecular complexity index is 597. The average Bonchev–Trinajstić information content (AvgIpc) is 2.56. The van der Waals surface area contributed by atoms with Crippen LogP contribution in [0.25, 0.3) is 11.0 Å². The molecule has 0 unspecified atom stereocenters. The Labute approximate surface area is 98.1 Å². The summed E-state index contributed by atoms with van der Waals surface area (Å²) < 4.78 is 1.81. The van der Waals surface area contributed by atoms with Crippen LogP contribution in [-0.4, -0.2) is 20.8 Å². The highest BCUT2D eigenvalue weighted by Crippen LogP contribution is 2.21. The lowest BCUT2D eigenvalue weighted by Gasteiger charge is -1.96. The van der Waals surface area contributed by atoms with Gasteiger partial charge in [0.2, 0.25) is 0 Å². The molecule has 74 valence electrons. The van der Waals surface area contributed by atoms with E-state index < -0.39 is 6.09 Å². The molecule has 0 spiro atoms. The summed E-state index contributed by atoms with van der Waals surface area (Å²) in [6.45, 7) is 0. The molecule has 1 N–H and O–H groups in total. The third-order valence-electron chi connectivity index (χ3n) is 1.92. The Morgan fingerprint density at radius 1 is 1.60 bits per heavy atom. The predicted octanol–water partition coefficient (Wildman–Crippen LogP) is 2.04. The molecule has 0 atom stereocenters. The average molecular weight is 313 g/mol. The number of carboxylic acid groups (broad SMARTS) is 1. The zero-order valence-corrected chi connectivity index (χ0v) is 9.46. The Morgan fingerprint density at radius 2 is 2.33 bits per heavy atom. The molecule has 0 amide bonds. The Kier molecular flexibility index (Phi) is 2.32. The van der Waals surface area contributed by atoms with Gasteiger partial charge in [-0.15, -0.1) is 0 Å². The number of halogens is 1. The topological polar surface area (TPSA) is 78.9 Å². The van der Waals surface area contributed by atoms with Gasteiger partial charge in [0.25, 0.3) is 0 Å². The van der Waals surface area contributed by atoms with E-state index >= 15 is 0 Å². The molecule has 0 fully saturated rings. The third kappa shape index (κ3) is 1.55. The van der Waals surface area contributed by atoms with Crippen LogP contribution in [0.15, 0.2) is 18.3 Å². The quantitative estimate of drug-likeness (QED) is 0.755. The highest BCUT2D eigenvalue weighted by Gasteiger charge is 2.12.